The first kappa shape index (κ1) is 6.60. The minimum absolute atomic E-state index is 0.398. The molecule has 0 nitrogen and oxygen atoms in total. The molecule has 0 fully saturated rings. The van der Waals surface area contributed by atoms with E-state index < -0.39 is 0 Å². The van der Waals surface area contributed by atoms with Gasteiger partial charge in [0.15, 0.2) is 0 Å². The van der Waals surface area contributed by atoms with Gasteiger partial charge in [0.05, 0.1) is 0 Å². The molecular weight excluding hydrogens is 108 g/mol. The molecule has 1 aliphatic carbocycles. The summed E-state index contributed by atoms with van der Waals surface area (Å²) in [6, 6.07) is 0. The van der Waals surface area contributed by atoms with Gasteiger partial charge in [-0.25, -0.2) is 0 Å². The third-order valence-corrected chi connectivity index (χ3v) is 2.13. The summed E-state index contributed by atoms with van der Waals surface area (Å²) in [5.41, 5.74) is 0.398. The molecule has 50 valence electrons. The van der Waals surface area contributed by atoms with E-state index in [0.29, 0.717) is 5.41 Å². The van der Waals surface area contributed by atoms with Gasteiger partial charge < -0.3 is 0 Å². The van der Waals surface area contributed by atoms with E-state index in [9.17, 15) is 0 Å². The molecule has 0 aromatic carbocycles. The molecular formula is C9H14. The molecule has 0 heteroatoms. The molecule has 1 atom stereocenters. The molecule has 0 aliphatic heterocycles. The van der Waals surface area contributed by atoms with Crippen LogP contribution in [0.1, 0.15) is 26.2 Å². The van der Waals surface area contributed by atoms with Gasteiger partial charge >= 0.3 is 0 Å². The van der Waals surface area contributed by atoms with Crippen molar-refractivity contribution < 1.29 is 0 Å². The van der Waals surface area contributed by atoms with Gasteiger partial charge in [0.1, 0.15) is 0 Å². The van der Waals surface area contributed by atoms with Crippen LogP contribution < -0.4 is 0 Å². The van der Waals surface area contributed by atoms with Crippen molar-refractivity contribution in [1.82, 2.24) is 0 Å². The first-order valence-electron chi connectivity index (χ1n) is 3.55. The number of rotatable bonds is 1. The minimum atomic E-state index is 0.398. The molecule has 9 heavy (non-hydrogen) atoms. The molecule has 0 aromatic heterocycles. The van der Waals surface area contributed by atoms with E-state index in [1.165, 1.54) is 19.3 Å². The Labute approximate surface area is 57.3 Å². The van der Waals surface area contributed by atoms with E-state index in [4.69, 9.17) is 0 Å². The zero-order chi connectivity index (χ0) is 6.74. The first-order chi connectivity index (χ1) is 4.27. The maximum atomic E-state index is 3.82. The van der Waals surface area contributed by atoms with Crippen molar-refractivity contribution in [2.75, 3.05) is 0 Å². The normalized spacial score (nSPS) is 34.3. The fourth-order valence-electron chi connectivity index (χ4n) is 1.17. The predicted octanol–water partition coefficient (Wildman–Crippen LogP) is 2.92. The lowest BCUT2D eigenvalue weighted by Gasteiger charge is -2.26. The van der Waals surface area contributed by atoms with Crippen molar-refractivity contribution in [2.45, 2.75) is 26.2 Å². The summed E-state index contributed by atoms with van der Waals surface area (Å²) in [7, 11) is 0. The SMILES string of the molecule is C=CC1(C)CC=CCC1. The summed E-state index contributed by atoms with van der Waals surface area (Å²) >= 11 is 0. The van der Waals surface area contributed by atoms with Crippen LogP contribution in [0.4, 0.5) is 0 Å². The van der Waals surface area contributed by atoms with E-state index in [1.807, 2.05) is 0 Å². The predicted molar refractivity (Wildman–Crippen MR) is 41.3 cm³/mol. The highest BCUT2D eigenvalue weighted by Crippen LogP contribution is 2.32. The van der Waals surface area contributed by atoms with Gasteiger partial charge in [-0.1, -0.05) is 25.2 Å². The van der Waals surface area contributed by atoms with Crippen molar-refractivity contribution in [3.8, 4) is 0 Å². The topological polar surface area (TPSA) is 0 Å². The molecule has 0 saturated heterocycles. The second kappa shape index (κ2) is 2.38. The largest absolute Gasteiger partial charge is 0.103 e. The van der Waals surface area contributed by atoms with Crippen LogP contribution in [0, 0.1) is 5.41 Å². The zero-order valence-electron chi connectivity index (χ0n) is 6.06. The molecule has 0 spiro atoms. The van der Waals surface area contributed by atoms with E-state index in [0.717, 1.165) is 0 Å². The Morgan fingerprint density at radius 2 is 2.33 bits per heavy atom. The number of hydrogen-bond donors (Lipinski definition) is 0. The quantitative estimate of drug-likeness (QED) is 0.469. The van der Waals surface area contributed by atoms with Crippen LogP contribution >= 0.6 is 0 Å². The molecule has 0 heterocycles. The van der Waals surface area contributed by atoms with Gasteiger partial charge in [-0.05, 0) is 24.7 Å². The molecule has 0 saturated carbocycles. The average molecular weight is 122 g/mol. The van der Waals surface area contributed by atoms with Crippen molar-refractivity contribution in [1.29, 1.82) is 0 Å². The van der Waals surface area contributed by atoms with Crippen LogP contribution in [-0.2, 0) is 0 Å². The van der Waals surface area contributed by atoms with Crippen LogP contribution in [0.2, 0.25) is 0 Å². The summed E-state index contributed by atoms with van der Waals surface area (Å²) in [5, 5.41) is 0. The highest BCUT2D eigenvalue weighted by atomic mass is 14.2. The second-order valence-corrected chi connectivity index (χ2v) is 3.07. The Morgan fingerprint density at radius 3 is 2.67 bits per heavy atom. The van der Waals surface area contributed by atoms with Crippen molar-refractivity contribution >= 4 is 0 Å². The monoisotopic (exact) mass is 122 g/mol. The van der Waals surface area contributed by atoms with E-state index >= 15 is 0 Å². The van der Waals surface area contributed by atoms with Gasteiger partial charge in [0.25, 0.3) is 0 Å². The molecule has 1 unspecified atom stereocenters. The highest BCUT2D eigenvalue weighted by molar-refractivity contribution is 5.03. The van der Waals surface area contributed by atoms with E-state index in [1.54, 1.807) is 0 Å². The van der Waals surface area contributed by atoms with Gasteiger partial charge in [-0.15, -0.1) is 6.58 Å². The van der Waals surface area contributed by atoms with Crippen molar-refractivity contribution in [3.05, 3.63) is 24.8 Å². The van der Waals surface area contributed by atoms with Gasteiger partial charge in [0, 0.05) is 0 Å². The summed E-state index contributed by atoms with van der Waals surface area (Å²) in [5.74, 6) is 0. The first-order valence-corrected chi connectivity index (χ1v) is 3.55. The molecule has 0 N–H and O–H groups in total. The van der Waals surface area contributed by atoms with Crippen LogP contribution in [0.3, 0.4) is 0 Å². The highest BCUT2D eigenvalue weighted by Gasteiger charge is 2.19. The Bertz CT molecular complexity index is 133. The molecule has 1 rings (SSSR count). The third-order valence-electron chi connectivity index (χ3n) is 2.13. The van der Waals surface area contributed by atoms with Crippen molar-refractivity contribution in [3.63, 3.8) is 0 Å². The minimum Gasteiger partial charge on any atom is -0.103 e. The fourth-order valence-corrected chi connectivity index (χ4v) is 1.17. The van der Waals surface area contributed by atoms with E-state index in [-0.39, 0.29) is 0 Å². The smallest absolute Gasteiger partial charge is 0.0112 e. The lowest BCUT2D eigenvalue weighted by atomic mass is 9.79. The molecule has 0 amide bonds. The summed E-state index contributed by atoms with van der Waals surface area (Å²) in [6.07, 6.45) is 10.3. The number of allylic oxidation sites excluding steroid dienone is 3. The summed E-state index contributed by atoms with van der Waals surface area (Å²) in [6.45, 7) is 6.09. The van der Waals surface area contributed by atoms with E-state index in [2.05, 4.69) is 31.7 Å². The molecule has 0 radical (unpaired) electrons. The Morgan fingerprint density at radius 1 is 1.56 bits per heavy atom. The Balaban J connectivity index is 2.60. The van der Waals surface area contributed by atoms with Gasteiger partial charge in [0.2, 0.25) is 0 Å². The average Bonchev–Trinajstić information content (AvgIpc) is 1.90. The maximum absolute atomic E-state index is 3.82. The van der Waals surface area contributed by atoms with Crippen LogP contribution in [0.15, 0.2) is 24.8 Å². The van der Waals surface area contributed by atoms with Crippen LogP contribution in [-0.4, -0.2) is 0 Å². The lowest BCUT2D eigenvalue weighted by molar-refractivity contribution is 0.387. The Hall–Kier alpha value is -0.520. The second-order valence-electron chi connectivity index (χ2n) is 3.07. The maximum Gasteiger partial charge on any atom is -0.0112 e. The standard InChI is InChI=1S/C9H14/c1-3-9(2)7-5-4-6-8-9/h3-5H,1,6-8H2,2H3. The van der Waals surface area contributed by atoms with Crippen molar-refractivity contribution in [2.24, 2.45) is 5.41 Å². The number of hydrogen-bond acceptors (Lipinski definition) is 0. The van der Waals surface area contributed by atoms with Crippen LogP contribution in [0.25, 0.3) is 0 Å². The van der Waals surface area contributed by atoms with Crippen LogP contribution in [0.5, 0.6) is 0 Å². The molecule has 1 aliphatic rings. The third kappa shape index (κ3) is 1.44. The van der Waals surface area contributed by atoms with Gasteiger partial charge in [-0.3, -0.25) is 0 Å². The lowest BCUT2D eigenvalue weighted by Crippen LogP contribution is -2.13. The summed E-state index contributed by atoms with van der Waals surface area (Å²) in [4.78, 5) is 0. The zero-order valence-corrected chi connectivity index (χ0v) is 6.06. The van der Waals surface area contributed by atoms with Gasteiger partial charge in [-0.2, -0.15) is 0 Å². The summed E-state index contributed by atoms with van der Waals surface area (Å²) < 4.78 is 0. The Kier molecular flexibility index (Phi) is 1.75. The molecule has 0 bridgehead atoms. The fraction of sp³-hybridized carbons (Fsp3) is 0.556. The molecule has 0 aromatic rings.